The van der Waals surface area contributed by atoms with Gasteiger partial charge in [0.2, 0.25) is 12.7 Å². The van der Waals surface area contributed by atoms with Crippen LogP contribution in [0.15, 0.2) is 23.1 Å². The molecule has 27 heavy (non-hydrogen) atoms. The lowest BCUT2D eigenvalue weighted by Crippen LogP contribution is -2.40. The summed E-state index contributed by atoms with van der Waals surface area (Å²) < 4.78 is 11.2. The highest BCUT2D eigenvalue weighted by molar-refractivity contribution is 8.26. The maximum absolute atomic E-state index is 12.7. The highest BCUT2D eigenvalue weighted by Gasteiger charge is 2.31. The zero-order valence-electron chi connectivity index (χ0n) is 15.5. The molecule has 1 aromatic rings. The van der Waals surface area contributed by atoms with E-state index < -0.39 is 0 Å². The Kier molecular flexibility index (Phi) is 5.76. The second-order valence-corrected chi connectivity index (χ2v) is 9.02. The molecular weight excluding hydrogens is 384 g/mol. The number of rotatable bonds is 5. The van der Waals surface area contributed by atoms with Crippen molar-refractivity contribution in [3.05, 3.63) is 28.7 Å². The van der Waals surface area contributed by atoms with Gasteiger partial charge in [0.05, 0.1) is 4.91 Å². The van der Waals surface area contributed by atoms with E-state index in [9.17, 15) is 9.59 Å². The monoisotopic (exact) mass is 406 g/mol. The number of nitrogens with zero attached hydrogens (tertiary/aromatic N) is 1. The standard InChI is InChI=1S/C19H22N2O4S2/c1-19(2,3)20-16(22)5-4-8-21-17(23)15(27-18(21)26)10-12-6-7-13-14(9-12)25-11-24-13/h6-7,9-10H,4-5,8,11H2,1-3H3,(H,20,22). The molecule has 1 saturated heterocycles. The Bertz CT molecular complexity index is 814. The minimum absolute atomic E-state index is 0.0242. The van der Waals surface area contributed by atoms with E-state index in [1.807, 2.05) is 39.0 Å². The Morgan fingerprint density at radius 3 is 2.81 bits per heavy atom. The molecule has 0 atom stereocenters. The van der Waals surface area contributed by atoms with E-state index >= 15 is 0 Å². The Morgan fingerprint density at radius 1 is 1.33 bits per heavy atom. The highest BCUT2D eigenvalue weighted by atomic mass is 32.2. The van der Waals surface area contributed by atoms with Gasteiger partial charge in [-0.3, -0.25) is 14.5 Å². The molecule has 0 unspecified atom stereocenters. The van der Waals surface area contributed by atoms with Crippen LogP contribution < -0.4 is 14.8 Å². The summed E-state index contributed by atoms with van der Waals surface area (Å²) in [5.41, 5.74) is 0.593. The molecule has 2 aliphatic heterocycles. The molecule has 144 valence electrons. The van der Waals surface area contributed by atoms with Crippen LogP contribution in [0.4, 0.5) is 0 Å². The van der Waals surface area contributed by atoms with Crippen LogP contribution in [0.3, 0.4) is 0 Å². The fourth-order valence-electron chi connectivity index (χ4n) is 2.73. The molecule has 2 heterocycles. The second-order valence-electron chi connectivity index (χ2n) is 7.35. The summed E-state index contributed by atoms with van der Waals surface area (Å²) in [5, 5.41) is 2.91. The average molecular weight is 407 g/mol. The molecule has 8 heteroatoms. The van der Waals surface area contributed by atoms with Gasteiger partial charge in [-0.25, -0.2) is 0 Å². The lowest BCUT2D eigenvalue weighted by Gasteiger charge is -2.21. The number of thiocarbonyl (C=S) groups is 1. The minimum Gasteiger partial charge on any atom is -0.454 e. The Morgan fingerprint density at radius 2 is 2.07 bits per heavy atom. The third-order valence-corrected chi connectivity index (χ3v) is 5.25. The zero-order chi connectivity index (χ0) is 19.6. The number of hydrogen-bond acceptors (Lipinski definition) is 6. The molecule has 0 saturated carbocycles. The summed E-state index contributed by atoms with van der Waals surface area (Å²) in [7, 11) is 0. The number of fused-ring (bicyclic) bond motifs is 1. The van der Waals surface area contributed by atoms with Crippen LogP contribution in [0, 0.1) is 0 Å². The Labute approximate surface area is 168 Å². The molecule has 0 aliphatic carbocycles. The van der Waals surface area contributed by atoms with Crippen molar-refractivity contribution < 1.29 is 19.1 Å². The van der Waals surface area contributed by atoms with Crippen LogP contribution in [-0.4, -0.2) is 39.9 Å². The van der Waals surface area contributed by atoms with Gasteiger partial charge < -0.3 is 14.8 Å². The lowest BCUT2D eigenvalue weighted by atomic mass is 10.1. The number of carbonyl (C=O) groups is 2. The number of hydrogen-bond donors (Lipinski definition) is 1. The molecule has 0 aromatic heterocycles. The van der Waals surface area contributed by atoms with Crippen molar-refractivity contribution in [3.8, 4) is 11.5 Å². The number of nitrogens with one attached hydrogen (secondary N) is 1. The Balaban J connectivity index is 1.59. The zero-order valence-corrected chi connectivity index (χ0v) is 17.2. The van der Waals surface area contributed by atoms with Crippen LogP contribution in [-0.2, 0) is 9.59 Å². The SMILES string of the molecule is CC(C)(C)NC(=O)CCCN1C(=O)C(=Cc2ccc3c(c2)OCO3)SC1=S. The van der Waals surface area contributed by atoms with Crippen molar-refractivity contribution in [1.82, 2.24) is 10.2 Å². The fourth-order valence-corrected chi connectivity index (χ4v) is 4.03. The molecule has 3 rings (SSSR count). The van der Waals surface area contributed by atoms with Crippen molar-refractivity contribution >= 4 is 46.2 Å². The van der Waals surface area contributed by atoms with Crippen molar-refractivity contribution in [2.45, 2.75) is 39.2 Å². The number of ether oxygens (including phenoxy) is 2. The van der Waals surface area contributed by atoms with Crippen LogP contribution >= 0.6 is 24.0 Å². The molecule has 6 nitrogen and oxygen atoms in total. The number of amides is 2. The molecule has 2 amide bonds. The van der Waals surface area contributed by atoms with E-state index in [-0.39, 0.29) is 24.1 Å². The number of thioether (sulfide) groups is 1. The number of carbonyl (C=O) groups excluding carboxylic acids is 2. The fraction of sp³-hybridized carbons (Fsp3) is 0.421. The second kappa shape index (κ2) is 7.90. The van der Waals surface area contributed by atoms with Crippen LogP contribution in [0.5, 0.6) is 11.5 Å². The van der Waals surface area contributed by atoms with Crippen LogP contribution in [0.25, 0.3) is 6.08 Å². The molecule has 0 spiro atoms. The molecule has 1 N–H and O–H groups in total. The summed E-state index contributed by atoms with van der Waals surface area (Å²) in [6.07, 6.45) is 2.72. The van der Waals surface area contributed by atoms with Crippen LogP contribution in [0.1, 0.15) is 39.2 Å². The Hall–Kier alpha value is -2.06. The maximum atomic E-state index is 12.7. The quantitative estimate of drug-likeness (QED) is 0.598. The number of benzene rings is 1. The van der Waals surface area contributed by atoms with Gasteiger partial charge >= 0.3 is 0 Å². The third-order valence-electron chi connectivity index (χ3n) is 3.87. The van der Waals surface area contributed by atoms with Gasteiger partial charge in [0.1, 0.15) is 4.32 Å². The highest BCUT2D eigenvalue weighted by Crippen LogP contribution is 2.36. The van der Waals surface area contributed by atoms with Crippen molar-refractivity contribution in [2.75, 3.05) is 13.3 Å². The topological polar surface area (TPSA) is 67.9 Å². The smallest absolute Gasteiger partial charge is 0.266 e. The lowest BCUT2D eigenvalue weighted by molar-refractivity contribution is -0.124. The van der Waals surface area contributed by atoms with Crippen LogP contribution in [0.2, 0.25) is 0 Å². The summed E-state index contributed by atoms with van der Waals surface area (Å²) in [5.74, 6) is 1.22. The first kappa shape index (κ1) is 19.7. The largest absolute Gasteiger partial charge is 0.454 e. The van der Waals surface area contributed by atoms with Crippen molar-refractivity contribution in [1.29, 1.82) is 0 Å². The third kappa shape index (κ3) is 5.01. The van der Waals surface area contributed by atoms with Crippen molar-refractivity contribution in [2.24, 2.45) is 0 Å². The molecular formula is C19H22N2O4S2. The van der Waals surface area contributed by atoms with Gasteiger partial charge in [-0.2, -0.15) is 0 Å². The maximum Gasteiger partial charge on any atom is 0.266 e. The van der Waals surface area contributed by atoms with E-state index in [1.165, 1.54) is 11.8 Å². The van der Waals surface area contributed by atoms with Gasteiger partial charge in [0.25, 0.3) is 5.91 Å². The van der Waals surface area contributed by atoms with Gasteiger partial charge in [0, 0.05) is 18.5 Å². The molecule has 2 aliphatic rings. The van der Waals surface area contributed by atoms with E-state index in [0.717, 1.165) is 5.56 Å². The summed E-state index contributed by atoms with van der Waals surface area (Å²) >= 11 is 6.61. The summed E-state index contributed by atoms with van der Waals surface area (Å²) in [6, 6.07) is 5.53. The minimum atomic E-state index is -0.258. The van der Waals surface area contributed by atoms with Gasteiger partial charge in [-0.15, -0.1) is 0 Å². The summed E-state index contributed by atoms with van der Waals surface area (Å²) in [6.45, 7) is 6.46. The van der Waals surface area contributed by atoms with Gasteiger partial charge in [-0.05, 0) is 51.0 Å². The first-order valence-electron chi connectivity index (χ1n) is 8.69. The molecule has 1 aromatic carbocycles. The first-order chi connectivity index (χ1) is 12.7. The first-order valence-corrected chi connectivity index (χ1v) is 9.91. The van der Waals surface area contributed by atoms with Gasteiger partial charge in [-0.1, -0.05) is 30.0 Å². The van der Waals surface area contributed by atoms with E-state index in [0.29, 0.717) is 40.1 Å². The van der Waals surface area contributed by atoms with Crippen molar-refractivity contribution in [3.63, 3.8) is 0 Å². The molecule has 0 bridgehead atoms. The predicted octanol–water partition coefficient (Wildman–Crippen LogP) is 3.31. The summed E-state index contributed by atoms with van der Waals surface area (Å²) in [4.78, 5) is 26.7. The van der Waals surface area contributed by atoms with E-state index in [1.54, 1.807) is 11.0 Å². The average Bonchev–Trinajstić information content (AvgIpc) is 3.12. The van der Waals surface area contributed by atoms with Gasteiger partial charge in [0.15, 0.2) is 11.5 Å². The molecule has 1 fully saturated rings. The van der Waals surface area contributed by atoms with E-state index in [2.05, 4.69) is 5.32 Å². The van der Waals surface area contributed by atoms with E-state index in [4.69, 9.17) is 21.7 Å². The predicted molar refractivity (Wildman–Crippen MR) is 110 cm³/mol. The normalized spacial score (nSPS) is 17.7. The molecule has 0 radical (unpaired) electrons.